The first-order valence-electron chi connectivity index (χ1n) is 9.22. The molecule has 1 aliphatic rings. The molecule has 2 aromatic rings. The van der Waals surface area contributed by atoms with Gasteiger partial charge in [0.05, 0.1) is 11.4 Å². The summed E-state index contributed by atoms with van der Waals surface area (Å²) in [7, 11) is -3.46. The number of hydrogen-bond donors (Lipinski definition) is 2. The molecule has 0 aromatic heterocycles. The monoisotopic (exact) mass is 387 g/mol. The Morgan fingerprint density at radius 3 is 2.41 bits per heavy atom. The molecule has 3 rings (SSSR count). The van der Waals surface area contributed by atoms with Crippen LogP contribution in [-0.2, 0) is 21.2 Å². The van der Waals surface area contributed by atoms with Crippen LogP contribution in [0, 0.1) is 0 Å². The third-order valence-corrected chi connectivity index (χ3v) is 6.53. The molecule has 0 saturated carbocycles. The smallest absolute Gasteiger partial charge is 0.243 e. The molecular weight excluding hydrogens is 362 g/mol. The summed E-state index contributed by atoms with van der Waals surface area (Å²) < 4.78 is 26.8. The topological polar surface area (TPSA) is 78.5 Å². The summed E-state index contributed by atoms with van der Waals surface area (Å²) >= 11 is 0. The van der Waals surface area contributed by atoms with Crippen LogP contribution < -0.4 is 10.6 Å². The largest absolute Gasteiger partial charge is 0.376 e. The van der Waals surface area contributed by atoms with Crippen LogP contribution in [0.4, 0.5) is 11.4 Å². The van der Waals surface area contributed by atoms with Crippen LogP contribution in [0.2, 0.25) is 0 Å². The van der Waals surface area contributed by atoms with Gasteiger partial charge in [-0.1, -0.05) is 25.1 Å². The predicted molar refractivity (Wildman–Crippen MR) is 107 cm³/mol. The van der Waals surface area contributed by atoms with Crippen molar-refractivity contribution in [1.82, 2.24) is 4.31 Å². The minimum absolute atomic E-state index is 0.0583. The Balaban J connectivity index is 1.60. The quantitative estimate of drug-likeness (QED) is 0.765. The Bertz CT molecular complexity index is 889. The number of nitrogens with zero attached hydrogens (tertiary/aromatic N) is 1. The number of sulfonamides is 1. The first kappa shape index (κ1) is 19.4. The number of anilines is 2. The molecule has 0 spiro atoms. The van der Waals surface area contributed by atoms with Crippen LogP contribution in [0.15, 0.2) is 53.4 Å². The van der Waals surface area contributed by atoms with Gasteiger partial charge in [-0.2, -0.15) is 4.31 Å². The van der Waals surface area contributed by atoms with Crippen molar-refractivity contribution in [1.29, 1.82) is 0 Å². The van der Waals surface area contributed by atoms with Crippen LogP contribution in [0.25, 0.3) is 0 Å². The lowest BCUT2D eigenvalue weighted by molar-refractivity contribution is -0.114. The fourth-order valence-corrected chi connectivity index (χ4v) is 4.62. The Kier molecular flexibility index (Phi) is 6.13. The number of nitrogens with one attached hydrogen (secondary N) is 2. The highest BCUT2D eigenvalue weighted by atomic mass is 32.2. The molecule has 2 N–H and O–H groups in total. The second-order valence-corrected chi connectivity index (χ2v) is 8.53. The van der Waals surface area contributed by atoms with E-state index in [0.29, 0.717) is 18.8 Å². The highest BCUT2D eigenvalue weighted by molar-refractivity contribution is 7.89. The zero-order valence-electron chi connectivity index (χ0n) is 15.4. The Hall–Kier alpha value is -2.38. The van der Waals surface area contributed by atoms with Crippen molar-refractivity contribution in [2.24, 2.45) is 0 Å². The highest BCUT2D eigenvalue weighted by Crippen LogP contribution is 2.23. The van der Waals surface area contributed by atoms with E-state index in [1.165, 1.54) is 9.87 Å². The van der Waals surface area contributed by atoms with Gasteiger partial charge >= 0.3 is 0 Å². The van der Waals surface area contributed by atoms with Gasteiger partial charge in [0.2, 0.25) is 15.9 Å². The maximum atomic E-state index is 12.6. The number of amides is 1. The Morgan fingerprint density at radius 2 is 1.74 bits per heavy atom. The number of carbonyl (C=O) groups excluding carboxylic acids is 1. The van der Waals surface area contributed by atoms with E-state index in [-0.39, 0.29) is 17.3 Å². The van der Waals surface area contributed by atoms with Crippen molar-refractivity contribution in [2.45, 2.75) is 31.1 Å². The molecule has 0 unspecified atom stereocenters. The van der Waals surface area contributed by atoms with Crippen LogP contribution >= 0.6 is 0 Å². The lowest BCUT2D eigenvalue weighted by atomic mass is 10.1. The lowest BCUT2D eigenvalue weighted by Gasteiger charge is -2.16. The Morgan fingerprint density at radius 1 is 1.04 bits per heavy atom. The molecule has 0 bridgehead atoms. The molecule has 1 amide bonds. The zero-order valence-corrected chi connectivity index (χ0v) is 16.3. The van der Waals surface area contributed by atoms with Crippen molar-refractivity contribution in [2.75, 3.05) is 30.3 Å². The summed E-state index contributed by atoms with van der Waals surface area (Å²) in [6, 6.07) is 14.3. The maximum Gasteiger partial charge on any atom is 0.243 e. The van der Waals surface area contributed by atoms with E-state index >= 15 is 0 Å². The maximum absolute atomic E-state index is 12.6. The van der Waals surface area contributed by atoms with E-state index in [1.54, 1.807) is 24.3 Å². The second-order valence-electron chi connectivity index (χ2n) is 6.59. The predicted octanol–water partition coefficient (Wildman–Crippen LogP) is 3.08. The molecule has 0 atom stereocenters. The minimum atomic E-state index is -3.46. The molecule has 6 nitrogen and oxygen atoms in total. The van der Waals surface area contributed by atoms with Crippen LogP contribution in [0.1, 0.15) is 25.3 Å². The van der Waals surface area contributed by atoms with E-state index in [0.717, 1.165) is 24.9 Å². The van der Waals surface area contributed by atoms with E-state index in [2.05, 4.69) is 17.6 Å². The molecule has 7 heteroatoms. The number of benzene rings is 2. The molecule has 27 heavy (non-hydrogen) atoms. The van der Waals surface area contributed by atoms with Gasteiger partial charge in [0.15, 0.2) is 0 Å². The van der Waals surface area contributed by atoms with Crippen molar-refractivity contribution in [3.05, 3.63) is 54.1 Å². The van der Waals surface area contributed by atoms with Crippen LogP contribution in [0.5, 0.6) is 0 Å². The first-order valence-corrected chi connectivity index (χ1v) is 10.7. The van der Waals surface area contributed by atoms with E-state index in [4.69, 9.17) is 0 Å². The summed E-state index contributed by atoms with van der Waals surface area (Å²) in [4.78, 5) is 12.4. The zero-order chi connectivity index (χ0) is 19.3. The minimum Gasteiger partial charge on any atom is -0.376 e. The number of aryl methyl sites for hydroxylation is 1. The van der Waals surface area contributed by atoms with Gasteiger partial charge in [-0.05, 0) is 55.2 Å². The molecule has 1 aliphatic heterocycles. The summed E-state index contributed by atoms with van der Waals surface area (Å²) in [5.74, 6) is -0.188. The average Bonchev–Trinajstić information content (AvgIpc) is 3.23. The van der Waals surface area contributed by atoms with Gasteiger partial charge in [0, 0.05) is 24.5 Å². The van der Waals surface area contributed by atoms with Crippen molar-refractivity contribution in [3.63, 3.8) is 0 Å². The molecule has 1 fully saturated rings. The molecule has 0 radical (unpaired) electrons. The molecule has 2 aromatic carbocycles. The van der Waals surface area contributed by atoms with E-state index in [1.807, 2.05) is 24.3 Å². The highest BCUT2D eigenvalue weighted by Gasteiger charge is 2.27. The SMILES string of the molecule is CCc1ccc(NC(=O)CNc2cccc(S(=O)(=O)N3CCCC3)c2)cc1. The molecular formula is C20H25N3O3S. The third-order valence-electron chi connectivity index (χ3n) is 4.64. The van der Waals surface area contributed by atoms with Crippen molar-refractivity contribution >= 4 is 27.3 Å². The molecule has 0 aliphatic carbocycles. The van der Waals surface area contributed by atoms with E-state index in [9.17, 15) is 13.2 Å². The van der Waals surface area contributed by atoms with Crippen LogP contribution in [0.3, 0.4) is 0 Å². The van der Waals surface area contributed by atoms with Gasteiger partial charge in [-0.3, -0.25) is 4.79 Å². The summed E-state index contributed by atoms with van der Waals surface area (Å²) in [6.07, 6.45) is 2.75. The number of carbonyl (C=O) groups is 1. The second kappa shape index (κ2) is 8.54. The number of hydrogen-bond acceptors (Lipinski definition) is 4. The van der Waals surface area contributed by atoms with Gasteiger partial charge in [0.25, 0.3) is 0 Å². The van der Waals surface area contributed by atoms with Crippen LogP contribution in [-0.4, -0.2) is 38.3 Å². The fraction of sp³-hybridized carbons (Fsp3) is 0.350. The average molecular weight is 388 g/mol. The lowest BCUT2D eigenvalue weighted by Crippen LogP contribution is -2.28. The standard InChI is InChI=1S/C20H25N3O3S/c1-2-16-8-10-17(11-9-16)22-20(24)15-21-18-6-5-7-19(14-18)27(25,26)23-12-3-4-13-23/h5-11,14,21H,2-4,12-13,15H2,1H3,(H,22,24). The van der Waals surface area contributed by atoms with Gasteiger partial charge < -0.3 is 10.6 Å². The van der Waals surface area contributed by atoms with Gasteiger partial charge in [-0.15, -0.1) is 0 Å². The van der Waals surface area contributed by atoms with Crippen molar-refractivity contribution < 1.29 is 13.2 Å². The Labute approximate surface area is 160 Å². The molecule has 1 heterocycles. The van der Waals surface area contributed by atoms with E-state index < -0.39 is 10.0 Å². The van der Waals surface area contributed by atoms with Gasteiger partial charge in [-0.25, -0.2) is 8.42 Å². The van der Waals surface area contributed by atoms with Gasteiger partial charge in [0.1, 0.15) is 0 Å². The summed E-state index contributed by atoms with van der Waals surface area (Å²) in [5.41, 5.74) is 2.55. The fourth-order valence-electron chi connectivity index (χ4n) is 3.06. The summed E-state index contributed by atoms with van der Waals surface area (Å²) in [5, 5.41) is 5.82. The van der Waals surface area contributed by atoms with Crippen molar-refractivity contribution in [3.8, 4) is 0 Å². The normalized spacial score (nSPS) is 14.9. The molecule has 144 valence electrons. The molecule has 1 saturated heterocycles. The first-order chi connectivity index (χ1) is 13.0. The number of rotatable bonds is 7. The third kappa shape index (κ3) is 4.87. The summed E-state index contributed by atoms with van der Waals surface area (Å²) in [6.45, 7) is 3.27.